The number of rotatable bonds is 5. The van der Waals surface area contributed by atoms with Crippen molar-refractivity contribution in [1.29, 1.82) is 0 Å². The topological polar surface area (TPSA) is 52.3 Å². The van der Waals surface area contributed by atoms with Crippen molar-refractivity contribution in [1.82, 2.24) is 14.9 Å². The largest absolute Gasteiger partial charge is 0.489 e. The van der Waals surface area contributed by atoms with Crippen LogP contribution in [-0.4, -0.2) is 21.1 Å². The summed E-state index contributed by atoms with van der Waals surface area (Å²) in [7, 11) is 0. The van der Waals surface area contributed by atoms with Crippen molar-refractivity contribution in [3.63, 3.8) is 0 Å². The second-order valence-electron chi connectivity index (χ2n) is 4.70. The van der Waals surface area contributed by atoms with E-state index in [9.17, 15) is 0 Å². The molecule has 0 N–H and O–H groups in total. The first kappa shape index (κ1) is 15.5. The molecule has 0 saturated heterocycles. The van der Waals surface area contributed by atoms with Gasteiger partial charge in [-0.2, -0.15) is 5.10 Å². The maximum atomic E-state index is 5.99. The van der Waals surface area contributed by atoms with Crippen molar-refractivity contribution in [3.8, 4) is 5.75 Å². The fourth-order valence-corrected chi connectivity index (χ4v) is 2.19. The first-order valence-electron chi connectivity index (χ1n) is 6.76. The lowest BCUT2D eigenvalue weighted by Gasteiger charge is -2.07. The van der Waals surface area contributed by atoms with Gasteiger partial charge in [-0.15, -0.1) is 10.2 Å². The molecule has 0 aliphatic heterocycles. The first-order chi connectivity index (χ1) is 11.2. The smallest absolute Gasteiger partial charge is 0.141 e. The van der Waals surface area contributed by atoms with Gasteiger partial charge in [-0.3, -0.25) is 0 Å². The van der Waals surface area contributed by atoms with E-state index < -0.39 is 0 Å². The number of benzene rings is 2. The van der Waals surface area contributed by atoms with Gasteiger partial charge in [0.15, 0.2) is 0 Å². The number of aromatic nitrogens is 3. The van der Waals surface area contributed by atoms with Crippen LogP contribution in [0.5, 0.6) is 5.75 Å². The third kappa shape index (κ3) is 4.31. The summed E-state index contributed by atoms with van der Waals surface area (Å²) in [6.45, 7) is 0.406. The predicted molar refractivity (Wildman–Crippen MR) is 90.3 cm³/mol. The summed E-state index contributed by atoms with van der Waals surface area (Å²) in [5.41, 5.74) is 1.85. The van der Waals surface area contributed by atoms with Crippen LogP contribution in [0.15, 0.2) is 60.2 Å². The third-order valence-electron chi connectivity index (χ3n) is 2.99. The van der Waals surface area contributed by atoms with Crippen LogP contribution in [0, 0.1) is 0 Å². The highest BCUT2D eigenvalue weighted by Crippen LogP contribution is 2.23. The van der Waals surface area contributed by atoms with E-state index in [1.54, 1.807) is 18.3 Å². The third-order valence-corrected chi connectivity index (χ3v) is 3.73. The van der Waals surface area contributed by atoms with E-state index in [1.807, 2.05) is 30.3 Å². The average molecular weight is 347 g/mol. The maximum absolute atomic E-state index is 5.99. The summed E-state index contributed by atoms with van der Waals surface area (Å²) < 4.78 is 7.29. The Balaban J connectivity index is 1.66. The van der Waals surface area contributed by atoms with Gasteiger partial charge >= 0.3 is 0 Å². The van der Waals surface area contributed by atoms with Crippen LogP contribution in [0.1, 0.15) is 11.1 Å². The van der Waals surface area contributed by atoms with Gasteiger partial charge in [0.2, 0.25) is 0 Å². The number of ether oxygens (including phenoxy) is 1. The zero-order valence-electron chi connectivity index (χ0n) is 11.9. The molecule has 0 spiro atoms. The summed E-state index contributed by atoms with van der Waals surface area (Å²) in [6, 6.07) is 13.0. The van der Waals surface area contributed by atoms with Gasteiger partial charge < -0.3 is 4.74 Å². The monoisotopic (exact) mass is 346 g/mol. The van der Waals surface area contributed by atoms with Crippen molar-refractivity contribution in [3.05, 3.63) is 76.3 Å². The Kier molecular flexibility index (Phi) is 4.90. The fourth-order valence-electron chi connectivity index (χ4n) is 1.87. The summed E-state index contributed by atoms with van der Waals surface area (Å²) in [4.78, 5) is 0. The maximum Gasteiger partial charge on any atom is 0.141 e. The minimum Gasteiger partial charge on any atom is -0.489 e. The van der Waals surface area contributed by atoms with E-state index in [1.165, 1.54) is 17.3 Å². The Morgan fingerprint density at radius 3 is 2.65 bits per heavy atom. The van der Waals surface area contributed by atoms with Gasteiger partial charge in [0.1, 0.15) is 25.0 Å². The minimum absolute atomic E-state index is 0.406. The lowest BCUT2D eigenvalue weighted by Crippen LogP contribution is -1.96. The molecule has 0 aliphatic carbocycles. The molecule has 0 amide bonds. The van der Waals surface area contributed by atoms with E-state index in [2.05, 4.69) is 15.3 Å². The van der Waals surface area contributed by atoms with Crippen molar-refractivity contribution < 1.29 is 4.74 Å². The Morgan fingerprint density at radius 2 is 1.87 bits per heavy atom. The van der Waals surface area contributed by atoms with E-state index in [0.717, 1.165) is 16.9 Å². The molecule has 3 aromatic rings. The van der Waals surface area contributed by atoms with Crippen molar-refractivity contribution in [2.24, 2.45) is 5.10 Å². The number of hydrogen-bond donors (Lipinski definition) is 0. The number of halogens is 2. The molecule has 1 aromatic heterocycles. The van der Waals surface area contributed by atoms with Crippen LogP contribution < -0.4 is 4.74 Å². The Morgan fingerprint density at radius 1 is 1.04 bits per heavy atom. The Hall–Kier alpha value is -2.37. The molecule has 0 unspecified atom stereocenters. The lowest BCUT2D eigenvalue weighted by molar-refractivity contribution is 0.306. The molecule has 3 rings (SSSR count). The van der Waals surface area contributed by atoms with Gasteiger partial charge in [0.05, 0.1) is 16.3 Å². The van der Waals surface area contributed by atoms with E-state index >= 15 is 0 Å². The molecule has 0 bridgehead atoms. The average Bonchev–Trinajstić information content (AvgIpc) is 3.08. The second kappa shape index (κ2) is 7.26. The summed E-state index contributed by atoms with van der Waals surface area (Å²) in [5.74, 6) is 0.740. The molecular formula is C16H12Cl2N4O. The molecule has 23 heavy (non-hydrogen) atoms. The molecule has 5 nitrogen and oxygen atoms in total. The standard InChI is InChI=1S/C16H12Cl2N4O/c17-15-5-4-13(7-16(15)18)9-23-14-3-1-2-12(6-14)8-21-22-10-19-20-11-22/h1-8,10-11H,9H2/b21-8+. The molecule has 7 heteroatoms. The minimum atomic E-state index is 0.406. The molecule has 0 aliphatic rings. The van der Waals surface area contributed by atoms with E-state index in [4.69, 9.17) is 27.9 Å². The van der Waals surface area contributed by atoms with Crippen molar-refractivity contribution >= 4 is 29.4 Å². The van der Waals surface area contributed by atoms with Crippen LogP contribution in [-0.2, 0) is 6.61 Å². The Bertz CT molecular complexity index is 819. The van der Waals surface area contributed by atoms with Gasteiger partial charge in [0, 0.05) is 0 Å². The van der Waals surface area contributed by atoms with Crippen LogP contribution in [0.2, 0.25) is 10.0 Å². The number of nitrogens with zero attached hydrogens (tertiary/aromatic N) is 4. The van der Waals surface area contributed by atoms with E-state index in [0.29, 0.717) is 16.7 Å². The summed E-state index contributed by atoms with van der Waals surface area (Å²) in [5, 5.41) is 12.6. The highest BCUT2D eigenvalue weighted by atomic mass is 35.5. The zero-order chi connectivity index (χ0) is 16.1. The van der Waals surface area contributed by atoms with Crippen LogP contribution in [0.4, 0.5) is 0 Å². The molecular weight excluding hydrogens is 335 g/mol. The second-order valence-corrected chi connectivity index (χ2v) is 5.51. The molecule has 0 fully saturated rings. The Labute approximate surface area is 143 Å². The zero-order valence-corrected chi connectivity index (χ0v) is 13.4. The van der Waals surface area contributed by atoms with Crippen LogP contribution in [0.3, 0.4) is 0 Å². The lowest BCUT2D eigenvalue weighted by atomic mass is 10.2. The van der Waals surface area contributed by atoms with Gasteiger partial charge in [-0.25, -0.2) is 4.68 Å². The molecule has 2 aromatic carbocycles. The summed E-state index contributed by atoms with van der Waals surface area (Å²) >= 11 is 11.9. The SMILES string of the molecule is Clc1ccc(COc2cccc(/C=N/n3cnnc3)c2)cc1Cl. The van der Waals surface area contributed by atoms with E-state index in [-0.39, 0.29) is 0 Å². The van der Waals surface area contributed by atoms with Crippen LogP contribution >= 0.6 is 23.2 Å². The quantitative estimate of drug-likeness (QED) is 0.655. The summed E-state index contributed by atoms with van der Waals surface area (Å²) in [6.07, 6.45) is 4.73. The number of hydrogen-bond acceptors (Lipinski definition) is 4. The molecule has 116 valence electrons. The molecule has 0 atom stereocenters. The van der Waals surface area contributed by atoms with Gasteiger partial charge in [-0.1, -0.05) is 41.4 Å². The van der Waals surface area contributed by atoms with Crippen LogP contribution in [0.25, 0.3) is 0 Å². The molecule has 0 saturated carbocycles. The highest BCUT2D eigenvalue weighted by molar-refractivity contribution is 6.42. The van der Waals surface area contributed by atoms with Gasteiger partial charge in [-0.05, 0) is 35.4 Å². The van der Waals surface area contributed by atoms with Gasteiger partial charge in [0.25, 0.3) is 0 Å². The first-order valence-corrected chi connectivity index (χ1v) is 7.52. The molecule has 1 heterocycles. The van der Waals surface area contributed by atoms with Crippen molar-refractivity contribution in [2.45, 2.75) is 6.61 Å². The van der Waals surface area contributed by atoms with Crippen molar-refractivity contribution in [2.75, 3.05) is 0 Å². The highest BCUT2D eigenvalue weighted by Gasteiger charge is 2.01. The molecule has 0 radical (unpaired) electrons. The fraction of sp³-hybridized carbons (Fsp3) is 0.0625. The predicted octanol–water partition coefficient (Wildman–Crippen LogP) is 4.05. The normalized spacial score (nSPS) is 11.0.